The van der Waals surface area contributed by atoms with Gasteiger partial charge in [-0.2, -0.15) is 0 Å². The van der Waals surface area contributed by atoms with Gasteiger partial charge in [0.1, 0.15) is 11.6 Å². The molecule has 0 unspecified atom stereocenters. The number of amides is 2. The minimum Gasteiger partial charge on any atom is -0.497 e. The predicted octanol–water partition coefficient (Wildman–Crippen LogP) is 5.52. The minimum atomic E-state index is -0.667. The van der Waals surface area contributed by atoms with Crippen LogP contribution in [0.15, 0.2) is 97.1 Å². The van der Waals surface area contributed by atoms with Crippen molar-refractivity contribution in [3.63, 3.8) is 0 Å². The van der Waals surface area contributed by atoms with Crippen molar-refractivity contribution in [2.24, 2.45) is 0 Å². The number of nitrogens with zero attached hydrogens (tertiary/aromatic N) is 2. The molecule has 3 aromatic carbocycles. The molecule has 0 bridgehead atoms. The second-order valence-corrected chi connectivity index (χ2v) is 8.45. The topological polar surface area (TPSA) is 71.5 Å². The average molecular weight is 464 g/mol. The van der Waals surface area contributed by atoms with Crippen LogP contribution in [0.5, 0.6) is 5.75 Å². The fourth-order valence-corrected chi connectivity index (χ4v) is 4.65. The van der Waals surface area contributed by atoms with Gasteiger partial charge >= 0.3 is 0 Å². The van der Waals surface area contributed by atoms with Crippen molar-refractivity contribution in [3.8, 4) is 5.75 Å². The number of hydrogen-bond donors (Lipinski definition) is 1. The molecule has 35 heavy (non-hydrogen) atoms. The van der Waals surface area contributed by atoms with Crippen molar-refractivity contribution in [3.05, 3.63) is 119 Å². The molecule has 4 aromatic rings. The van der Waals surface area contributed by atoms with Crippen LogP contribution in [0.25, 0.3) is 0 Å². The molecule has 0 spiro atoms. The summed E-state index contributed by atoms with van der Waals surface area (Å²) in [5.74, 6) is 0.131. The number of anilines is 2. The van der Waals surface area contributed by atoms with Crippen molar-refractivity contribution in [2.45, 2.75) is 18.9 Å². The third-order valence-corrected chi connectivity index (χ3v) is 6.25. The number of hydrogen-bond acceptors (Lipinski definition) is 4. The zero-order valence-corrected chi connectivity index (χ0v) is 19.5. The van der Waals surface area contributed by atoms with E-state index in [0.29, 0.717) is 22.7 Å². The van der Waals surface area contributed by atoms with E-state index in [1.54, 1.807) is 24.1 Å². The van der Waals surface area contributed by atoms with Crippen molar-refractivity contribution in [1.82, 2.24) is 4.98 Å². The number of pyridine rings is 1. The molecule has 6 nitrogen and oxygen atoms in total. The van der Waals surface area contributed by atoms with Crippen LogP contribution in [0.3, 0.4) is 0 Å². The zero-order chi connectivity index (χ0) is 24.4. The standard InChI is InChI=1S/C29H25N3O3/c1-19-9-8-14-25(30-19)31-28(33)26-23-12-6-7-13-24(23)29(34)32(21-10-4-3-5-11-21)27(26)20-15-17-22(35-2)18-16-20/h3-18,26-27H,1-2H3,(H,30,31,33)/t26-,27+/m1/s1. The molecule has 1 aliphatic heterocycles. The van der Waals surface area contributed by atoms with Gasteiger partial charge in [0.05, 0.1) is 19.1 Å². The van der Waals surface area contributed by atoms with E-state index in [1.165, 1.54) is 0 Å². The molecule has 5 rings (SSSR count). The van der Waals surface area contributed by atoms with E-state index in [-0.39, 0.29) is 11.8 Å². The third-order valence-electron chi connectivity index (χ3n) is 6.25. The lowest BCUT2D eigenvalue weighted by molar-refractivity contribution is -0.118. The molecule has 174 valence electrons. The highest BCUT2D eigenvalue weighted by Gasteiger charge is 2.44. The van der Waals surface area contributed by atoms with Gasteiger partial charge in [-0.1, -0.05) is 54.6 Å². The summed E-state index contributed by atoms with van der Waals surface area (Å²) in [7, 11) is 1.61. The van der Waals surface area contributed by atoms with E-state index in [4.69, 9.17) is 4.74 Å². The number of methoxy groups -OCH3 is 1. The maximum atomic E-state index is 13.9. The average Bonchev–Trinajstić information content (AvgIpc) is 2.89. The number of benzene rings is 3. The Morgan fingerprint density at radius 1 is 0.886 bits per heavy atom. The van der Waals surface area contributed by atoms with Gasteiger partial charge in [0.25, 0.3) is 5.91 Å². The molecule has 0 aliphatic carbocycles. The third kappa shape index (κ3) is 4.26. The maximum Gasteiger partial charge on any atom is 0.259 e. The van der Waals surface area contributed by atoms with E-state index in [0.717, 1.165) is 16.9 Å². The van der Waals surface area contributed by atoms with Gasteiger partial charge in [0.2, 0.25) is 5.91 Å². The number of para-hydroxylation sites is 1. The summed E-state index contributed by atoms with van der Waals surface area (Å²) in [6.45, 7) is 1.88. The highest BCUT2D eigenvalue weighted by molar-refractivity contribution is 6.12. The van der Waals surface area contributed by atoms with Crippen LogP contribution in [0, 0.1) is 6.92 Å². The Morgan fingerprint density at radius 3 is 2.31 bits per heavy atom. The van der Waals surface area contributed by atoms with Crippen LogP contribution in [0.1, 0.15) is 39.1 Å². The van der Waals surface area contributed by atoms with Crippen LogP contribution in [-0.4, -0.2) is 23.9 Å². The van der Waals surface area contributed by atoms with Crippen molar-refractivity contribution in [1.29, 1.82) is 0 Å². The van der Waals surface area contributed by atoms with Crippen LogP contribution >= 0.6 is 0 Å². The molecule has 0 radical (unpaired) electrons. The molecule has 0 fully saturated rings. The van der Waals surface area contributed by atoms with Crippen LogP contribution in [-0.2, 0) is 4.79 Å². The molecule has 2 amide bonds. The van der Waals surface area contributed by atoms with Gasteiger partial charge in [-0.05, 0) is 60.5 Å². The van der Waals surface area contributed by atoms with E-state index in [2.05, 4.69) is 10.3 Å². The molecule has 2 heterocycles. The second-order valence-electron chi connectivity index (χ2n) is 8.45. The largest absolute Gasteiger partial charge is 0.497 e. The van der Waals surface area contributed by atoms with Crippen molar-refractivity contribution < 1.29 is 14.3 Å². The summed E-state index contributed by atoms with van der Waals surface area (Å²) in [6, 6.07) is 29.2. The Balaban J connectivity index is 1.68. The Kier molecular flexibility index (Phi) is 6.02. The molecule has 2 atom stereocenters. The first-order chi connectivity index (χ1) is 17.1. The first-order valence-corrected chi connectivity index (χ1v) is 11.4. The minimum absolute atomic E-state index is 0.148. The molecular formula is C29H25N3O3. The fourth-order valence-electron chi connectivity index (χ4n) is 4.65. The lowest BCUT2D eigenvalue weighted by Gasteiger charge is -2.41. The summed E-state index contributed by atoms with van der Waals surface area (Å²) < 4.78 is 5.34. The SMILES string of the molecule is COc1ccc([C@H]2[C@H](C(=O)Nc3cccc(C)n3)c3ccccc3C(=O)N2c2ccccc2)cc1. The van der Waals surface area contributed by atoms with Crippen molar-refractivity contribution in [2.75, 3.05) is 17.3 Å². The van der Waals surface area contributed by atoms with E-state index < -0.39 is 12.0 Å². The van der Waals surface area contributed by atoms with Gasteiger partial charge in [0, 0.05) is 16.9 Å². The lowest BCUT2D eigenvalue weighted by Crippen LogP contribution is -2.46. The van der Waals surface area contributed by atoms with E-state index >= 15 is 0 Å². The number of carbonyl (C=O) groups is 2. The van der Waals surface area contributed by atoms with Gasteiger partial charge in [-0.15, -0.1) is 0 Å². The Labute approximate surface area is 204 Å². The summed E-state index contributed by atoms with van der Waals surface area (Å²) in [6.07, 6.45) is 0. The number of carbonyl (C=O) groups excluding carboxylic acids is 2. The number of fused-ring (bicyclic) bond motifs is 1. The second kappa shape index (κ2) is 9.43. The van der Waals surface area contributed by atoms with Crippen LogP contribution in [0.2, 0.25) is 0 Å². The summed E-state index contributed by atoms with van der Waals surface area (Å²) in [5.41, 5.74) is 3.56. The Morgan fingerprint density at radius 2 is 1.60 bits per heavy atom. The monoisotopic (exact) mass is 463 g/mol. The summed E-state index contributed by atoms with van der Waals surface area (Å²) in [5, 5.41) is 2.99. The normalized spacial score (nSPS) is 17.0. The first-order valence-electron chi connectivity index (χ1n) is 11.4. The molecule has 6 heteroatoms. The predicted molar refractivity (Wildman–Crippen MR) is 136 cm³/mol. The Bertz CT molecular complexity index is 1370. The molecule has 0 saturated carbocycles. The molecule has 0 saturated heterocycles. The molecule has 1 aromatic heterocycles. The van der Waals surface area contributed by atoms with Crippen LogP contribution < -0.4 is 15.0 Å². The number of aromatic nitrogens is 1. The van der Waals surface area contributed by atoms with Gasteiger partial charge in [-0.25, -0.2) is 4.98 Å². The van der Waals surface area contributed by atoms with Gasteiger partial charge < -0.3 is 10.1 Å². The molecule has 1 aliphatic rings. The van der Waals surface area contributed by atoms with Crippen molar-refractivity contribution >= 4 is 23.3 Å². The first kappa shape index (κ1) is 22.3. The summed E-state index contributed by atoms with van der Waals surface area (Å²) >= 11 is 0. The smallest absolute Gasteiger partial charge is 0.259 e. The van der Waals surface area contributed by atoms with Crippen LogP contribution in [0.4, 0.5) is 11.5 Å². The Hall–Kier alpha value is -4.45. The quantitative estimate of drug-likeness (QED) is 0.423. The number of aryl methyl sites for hydroxylation is 1. The summed E-state index contributed by atoms with van der Waals surface area (Å²) in [4.78, 5) is 33.9. The number of rotatable bonds is 5. The number of nitrogens with one attached hydrogen (secondary N) is 1. The fraction of sp³-hybridized carbons (Fsp3) is 0.138. The molecule has 1 N–H and O–H groups in total. The zero-order valence-electron chi connectivity index (χ0n) is 19.5. The highest BCUT2D eigenvalue weighted by atomic mass is 16.5. The number of ether oxygens (including phenoxy) is 1. The van der Waals surface area contributed by atoms with E-state index in [1.807, 2.05) is 91.9 Å². The highest BCUT2D eigenvalue weighted by Crippen LogP contribution is 2.45. The van der Waals surface area contributed by atoms with E-state index in [9.17, 15) is 9.59 Å². The lowest BCUT2D eigenvalue weighted by atomic mass is 9.78. The maximum absolute atomic E-state index is 13.9. The van der Waals surface area contributed by atoms with Gasteiger partial charge in [0.15, 0.2) is 0 Å². The molecular weight excluding hydrogens is 438 g/mol. The van der Waals surface area contributed by atoms with Gasteiger partial charge in [-0.3, -0.25) is 14.5 Å².